The van der Waals surface area contributed by atoms with Crippen molar-refractivity contribution in [2.75, 3.05) is 20.3 Å². The Morgan fingerprint density at radius 1 is 1.50 bits per heavy atom. The van der Waals surface area contributed by atoms with Gasteiger partial charge in [-0.2, -0.15) is 0 Å². The van der Waals surface area contributed by atoms with E-state index >= 15 is 0 Å². The van der Waals surface area contributed by atoms with Crippen molar-refractivity contribution < 1.29 is 9.47 Å². The quantitative estimate of drug-likeness (QED) is 0.659. The Bertz CT molecular complexity index is 115. The van der Waals surface area contributed by atoms with Crippen LogP contribution in [0.25, 0.3) is 0 Å². The summed E-state index contributed by atoms with van der Waals surface area (Å²) >= 11 is 0. The van der Waals surface area contributed by atoms with E-state index in [1.807, 2.05) is 13.8 Å². The molecule has 0 aliphatic heterocycles. The second-order valence-electron chi connectivity index (χ2n) is 3.58. The lowest BCUT2D eigenvalue weighted by Gasteiger charge is -2.24. The van der Waals surface area contributed by atoms with Crippen molar-refractivity contribution in [3.63, 3.8) is 0 Å². The molecule has 74 valence electrons. The van der Waals surface area contributed by atoms with Gasteiger partial charge in [-0.05, 0) is 20.3 Å². The summed E-state index contributed by atoms with van der Waals surface area (Å²) in [5.41, 5.74) is 5.69. The summed E-state index contributed by atoms with van der Waals surface area (Å²) in [5, 5.41) is 0. The predicted molar refractivity (Wildman–Crippen MR) is 50.2 cm³/mol. The maximum absolute atomic E-state index is 5.89. The summed E-state index contributed by atoms with van der Waals surface area (Å²) in [4.78, 5) is 0. The van der Waals surface area contributed by atoms with Gasteiger partial charge < -0.3 is 15.2 Å². The Morgan fingerprint density at radius 2 is 2.08 bits per heavy atom. The van der Waals surface area contributed by atoms with Gasteiger partial charge in [0.15, 0.2) is 0 Å². The molecule has 0 amide bonds. The SMILES string of the molecule is CCC(C)(N)COC(C)COC. The van der Waals surface area contributed by atoms with Crippen molar-refractivity contribution in [3.8, 4) is 0 Å². The standard InChI is InChI=1S/C9H21NO2/c1-5-9(3,10)7-12-8(2)6-11-4/h8H,5-7,10H2,1-4H3. The van der Waals surface area contributed by atoms with E-state index in [1.54, 1.807) is 7.11 Å². The summed E-state index contributed by atoms with van der Waals surface area (Å²) in [5.74, 6) is 0. The zero-order valence-electron chi connectivity index (χ0n) is 8.59. The van der Waals surface area contributed by atoms with Gasteiger partial charge in [0.25, 0.3) is 0 Å². The van der Waals surface area contributed by atoms with Crippen LogP contribution in [0.15, 0.2) is 0 Å². The zero-order valence-corrected chi connectivity index (χ0v) is 8.59. The molecular formula is C9H21NO2. The monoisotopic (exact) mass is 175 g/mol. The van der Waals surface area contributed by atoms with Crippen molar-refractivity contribution >= 4 is 0 Å². The van der Waals surface area contributed by atoms with Crippen molar-refractivity contribution in [1.82, 2.24) is 0 Å². The van der Waals surface area contributed by atoms with Gasteiger partial charge in [-0.1, -0.05) is 6.92 Å². The molecule has 12 heavy (non-hydrogen) atoms. The molecular weight excluding hydrogens is 154 g/mol. The average molecular weight is 175 g/mol. The Kier molecular flexibility index (Phi) is 5.46. The number of hydrogen-bond donors (Lipinski definition) is 1. The summed E-state index contributed by atoms with van der Waals surface area (Å²) in [6.45, 7) is 7.25. The number of ether oxygens (including phenoxy) is 2. The van der Waals surface area contributed by atoms with E-state index in [1.165, 1.54) is 0 Å². The minimum absolute atomic E-state index is 0.129. The van der Waals surface area contributed by atoms with Crippen LogP contribution in [-0.2, 0) is 9.47 Å². The van der Waals surface area contributed by atoms with Gasteiger partial charge in [0.05, 0.1) is 19.3 Å². The van der Waals surface area contributed by atoms with Crippen molar-refractivity contribution in [2.45, 2.75) is 38.8 Å². The molecule has 3 heteroatoms. The molecule has 0 radical (unpaired) electrons. The second-order valence-corrected chi connectivity index (χ2v) is 3.58. The maximum atomic E-state index is 5.89. The third-order valence-corrected chi connectivity index (χ3v) is 1.91. The molecule has 0 fully saturated rings. The number of nitrogens with two attached hydrogens (primary N) is 1. The fourth-order valence-electron chi connectivity index (χ4n) is 0.718. The molecule has 0 rings (SSSR count). The van der Waals surface area contributed by atoms with Crippen LogP contribution in [0, 0.1) is 0 Å². The molecule has 2 N–H and O–H groups in total. The Hall–Kier alpha value is -0.120. The van der Waals surface area contributed by atoms with Crippen LogP contribution in [0.2, 0.25) is 0 Å². The zero-order chi connectivity index (χ0) is 9.61. The third-order valence-electron chi connectivity index (χ3n) is 1.91. The lowest BCUT2D eigenvalue weighted by Crippen LogP contribution is -2.41. The predicted octanol–water partition coefficient (Wildman–Crippen LogP) is 1.17. The van der Waals surface area contributed by atoms with Gasteiger partial charge in [-0.15, -0.1) is 0 Å². The van der Waals surface area contributed by atoms with Gasteiger partial charge in [0.2, 0.25) is 0 Å². The van der Waals surface area contributed by atoms with E-state index < -0.39 is 0 Å². The summed E-state index contributed by atoms with van der Waals surface area (Å²) < 4.78 is 10.4. The highest BCUT2D eigenvalue weighted by atomic mass is 16.5. The molecule has 0 aromatic heterocycles. The van der Waals surface area contributed by atoms with E-state index in [2.05, 4.69) is 6.92 Å². The van der Waals surface area contributed by atoms with Crippen LogP contribution in [-0.4, -0.2) is 32.0 Å². The van der Waals surface area contributed by atoms with E-state index in [4.69, 9.17) is 15.2 Å². The maximum Gasteiger partial charge on any atom is 0.0781 e. The third kappa shape index (κ3) is 5.52. The van der Waals surface area contributed by atoms with E-state index in [9.17, 15) is 0 Å². The number of rotatable bonds is 6. The first kappa shape index (κ1) is 11.9. The minimum atomic E-state index is -0.206. The molecule has 0 saturated heterocycles. The van der Waals surface area contributed by atoms with Crippen molar-refractivity contribution in [2.24, 2.45) is 5.73 Å². The summed E-state index contributed by atoms with van der Waals surface area (Å²) in [6.07, 6.45) is 1.05. The number of methoxy groups -OCH3 is 1. The van der Waals surface area contributed by atoms with Gasteiger partial charge in [-0.3, -0.25) is 0 Å². The van der Waals surface area contributed by atoms with Gasteiger partial charge in [-0.25, -0.2) is 0 Å². The molecule has 2 atom stereocenters. The molecule has 0 saturated carbocycles. The van der Waals surface area contributed by atoms with Gasteiger partial charge >= 0.3 is 0 Å². The number of hydrogen-bond acceptors (Lipinski definition) is 3. The van der Waals surface area contributed by atoms with E-state index in [0.717, 1.165) is 6.42 Å². The first-order chi connectivity index (χ1) is 5.52. The first-order valence-corrected chi connectivity index (χ1v) is 4.41. The molecule has 0 spiro atoms. The van der Waals surface area contributed by atoms with Crippen LogP contribution in [0.4, 0.5) is 0 Å². The second kappa shape index (κ2) is 5.51. The molecule has 0 heterocycles. The van der Waals surface area contributed by atoms with E-state index in [0.29, 0.717) is 13.2 Å². The molecule has 0 bridgehead atoms. The Morgan fingerprint density at radius 3 is 2.50 bits per heavy atom. The fraction of sp³-hybridized carbons (Fsp3) is 1.00. The molecule has 0 aliphatic rings. The molecule has 2 unspecified atom stereocenters. The largest absolute Gasteiger partial charge is 0.382 e. The lowest BCUT2D eigenvalue weighted by atomic mass is 10.0. The molecule has 0 aliphatic carbocycles. The van der Waals surface area contributed by atoms with Gasteiger partial charge in [0.1, 0.15) is 0 Å². The average Bonchev–Trinajstić information content (AvgIpc) is 2.02. The van der Waals surface area contributed by atoms with Crippen LogP contribution in [0.5, 0.6) is 0 Å². The van der Waals surface area contributed by atoms with Crippen LogP contribution >= 0.6 is 0 Å². The highest BCUT2D eigenvalue weighted by Crippen LogP contribution is 2.06. The first-order valence-electron chi connectivity index (χ1n) is 4.41. The van der Waals surface area contributed by atoms with Crippen molar-refractivity contribution in [3.05, 3.63) is 0 Å². The molecule has 3 nitrogen and oxygen atoms in total. The topological polar surface area (TPSA) is 44.5 Å². The summed E-state index contributed by atoms with van der Waals surface area (Å²) in [6, 6.07) is 0. The molecule has 0 aromatic carbocycles. The molecule has 0 aromatic rings. The van der Waals surface area contributed by atoms with Crippen LogP contribution < -0.4 is 5.73 Å². The Balaban J connectivity index is 3.52. The van der Waals surface area contributed by atoms with E-state index in [-0.39, 0.29) is 11.6 Å². The van der Waals surface area contributed by atoms with Crippen molar-refractivity contribution in [1.29, 1.82) is 0 Å². The normalized spacial score (nSPS) is 18.8. The van der Waals surface area contributed by atoms with Gasteiger partial charge in [0, 0.05) is 12.6 Å². The van der Waals surface area contributed by atoms with Crippen LogP contribution in [0.1, 0.15) is 27.2 Å². The fourth-order valence-corrected chi connectivity index (χ4v) is 0.718. The lowest BCUT2D eigenvalue weighted by molar-refractivity contribution is -0.0107. The smallest absolute Gasteiger partial charge is 0.0781 e. The minimum Gasteiger partial charge on any atom is -0.382 e. The highest BCUT2D eigenvalue weighted by molar-refractivity contribution is 4.75. The summed E-state index contributed by atoms with van der Waals surface area (Å²) in [7, 11) is 1.67. The Labute approximate surface area is 75.2 Å². The highest BCUT2D eigenvalue weighted by Gasteiger charge is 2.16. The van der Waals surface area contributed by atoms with Crippen LogP contribution in [0.3, 0.4) is 0 Å².